The van der Waals surface area contributed by atoms with Crippen LogP contribution in [-0.2, 0) is 0 Å². The smallest absolute Gasteiger partial charge is 0.161 e. The Morgan fingerprint density at radius 3 is 2.62 bits per heavy atom. The molecule has 1 fully saturated rings. The largest absolute Gasteiger partial charge is 0.356 e. The van der Waals surface area contributed by atoms with Gasteiger partial charge in [-0.05, 0) is 51.0 Å². The summed E-state index contributed by atoms with van der Waals surface area (Å²) in [6.07, 6.45) is 7.77. The highest BCUT2D eigenvalue weighted by molar-refractivity contribution is 5.60. The van der Waals surface area contributed by atoms with Crippen LogP contribution in [0.5, 0.6) is 0 Å². The topological polar surface area (TPSA) is 54.8 Å². The molecule has 0 radical (unpaired) electrons. The molecule has 3 aromatic heterocycles. The fourth-order valence-electron chi connectivity index (χ4n) is 3.58. The Balaban J connectivity index is 1.67. The summed E-state index contributed by atoms with van der Waals surface area (Å²) in [6.45, 7) is 6.15. The number of aryl methyl sites for hydroxylation is 1. The first kappa shape index (κ1) is 16.6. The lowest BCUT2D eigenvalue weighted by atomic mass is 9.94. The normalized spacial score (nSPS) is 17.3. The van der Waals surface area contributed by atoms with Crippen molar-refractivity contribution >= 4 is 5.82 Å². The number of piperidine rings is 1. The lowest BCUT2D eigenvalue weighted by Crippen LogP contribution is -2.36. The highest BCUT2D eigenvalue weighted by Gasteiger charge is 2.25. The van der Waals surface area contributed by atoms with Gasteiger partial charge in [0, 0.05) is 60.1 Å². The van der Waals surface area contributed by atoms with E-state index in [0.717, 1.165) is 48.0 Å². The molecule has 0 spiro atoms. The molecule has 1 aliphatic rings. The van der Waals surface area contributed by atoms with Crippen molar-refractivity contribution in [2.24, 2.45) is 0 Å². The fourth-order valence-corrected chi connectivity index (χ4v) is 3.58. The summed E-state index contributed by atoms with van der Waals surface area (Å²) >= 11 is 0. The Bertz CT molecular complexity index is 880. The molecule has 0 aliphatic carbocycles. The van der Waals surface area contributed by atoms with E-state index >= 15 is 0 Å². The standard InChI is InChI=1S/C21H23N5/c1-15-16(2)24-20(17-8-11-22-12-9-17)25-21(15)26-13-5-6-18(14-26)19-7-3-4-10-23-19/h3-4,7-12,18H,5-6,13-14H2,1-2H3. The first-order valence-electron chi connectivity index (χ1n) is 9.14. The number of pyridine rings is 2. The summed E-state index contributed by atoms with van der Waals surface area (Å²) < 4.78 is 0. The summed E-state index contributed by atoms with van der Waals surface area (Å²) in [5, 5.41) is 0. The van der Waals surface area contributed by atoms with Gasteiger partial charge in [-0.2, -0.15) is 0 Å². The molecule has 3 aromatic rings. The monoisotopic (exact) mass is 345 g/mol. The molecule has 0 saturated carbocycles. The molecule has 1 aliphatic heterocycles. The third-order valence-corrected chi connectivity index (χ3v) is 5.13. The van der Waals surface area contributed by atoms with Gasteiger partial charge in [0.1, 0.15) is 5.82 Å². The van der Waals surface area contributed by atoms with E-state index in [4.69, 9.17) is 9.97 Å². The molecule has 132 valence electrons. The third kappa shape index (κ3) is 3.29. The van der Waals surface area contributed by atoms with Crippen molar-refractivity contribution in [1.29, 1.82) is 0 Å². The molecular weight excluding hydrogens is 322 g/mol. The number of aromatic nitrogens is 4. The summed E-state index contributed by atoms with van der Waals surface area (Å²) in [6, 6.07) is 10.1. The van der Waals surface area contributed by atoms with E-state index < -0.39 is 0 Å². The first-order chi connectivity index (χ1) is 12.7. The second-order valence-corrected chi connectivity index (χ2v) is 6.86. The maximum Gasteiger partial charge on any atom is 0.161 e. The van der Waals surface area contributed by atoms with Gasteiger partial charge >= 0.3 is 0 Å². The molecule has 1 saturated heterocycles. The van der Waals surface area contributed by atoms with Crippen LogP contribution in [-0.4, -0.2) is 33.0 Å². The fraction of sp³-hybridized carbons (Fsp3) is 0.333. The number of anilines is 1. The molecule has 0 N–H and O–H groups in total. The molecular formula is C21H23N5. The van der Waals surface area contributed by atoms with E-state index in [9.17, 15) is 0 Å². The van der Waals surface area contributed by atoms with E-state index in [1.807, 2.05) is 24.4 Å². The van der Waals surface area contributed by atoms with Gasteiger partial charge in [0.15, 0.2) is 5.82 Å². The van der Waals surface area contributed by atoms with Gasteiger partial charge in [-0.3, -0.25) is 9.97 Å². The van der Waals surface area contributed by atoms with Crippen LogP contribution < -0.4 is 4.90 Å². The van der Waals surface area contributed by atoms with Gasteiger partial charge in [-0.1, -0.05) is 6.07 Å². The predicted octanol–water partition coefficient (Wildman–Crippen LogP) is 3.93. The molecule has 5 nitrogen and oxygen atoms in total. The van der Waals surface area contributed by atoms with Gasteiger partial charge in [-0.25, -0.2) is 9.97 Å². The van der Waals surface area contributed by atoms with E-state index in [1.165, 1.54) is 12.1 Å². The molecule has 0 aromatic carbocycles. The maximum absolute atomic E-state index is 4.92. The lowest BCUT2D eigenvalue weighted by molar-refractivity contribution is 0.498. The summed E-state index contributed by atoms with van der Waals surface area (Å²) in [7, 11) is 0. The molecule has 26 heavy (non-hydrogen) atoms. The minimum absolute atomic E-state index is 0.448. The van der Waals surface area contributed by atoms with E-state index in [0.29, 0.717) is 5.92 Å². The first-order valence-corrected chi connectivity index (χ1v) is 9.14. The highest BCUT2D eigenvalue weighted by Crippen LogP contribution is 2.31. The third-order valence-electron chi connectivity index (χ3n) is 5.13. The minimum atomic E-state index is 0.448. The highest BCUT2D eigenvalue weighted by atomic mass is 15.2. The molecule has 4 rings (SSSR count). The van der Waals surface area contributed by atoms with Crippen molar-refractivity contribution in [3.63, 3.8) is 0 Å². The Hall–Kier alpha value is -2.82. The summed E-state index contributed by atoms with van der Waals surface area (Å²) in [4.78, 5) is 20.7. The number of rotatable bonds is 3. The Morgan fingerprint density at radius 1 is 1.00 bits per heavy atom. The molecule has 0 bridgehead atoms. The van der Waals surface area contributed by atoms with Gasteiger partial charge in [0.25, 0.3) is 0 Å². The Labute approximate surface area is 154 Å². The zero-order chi connectivity index (χ0) is 17.9. The van der Waals surface area contributed by atoms with Crippen LogP contribution in [0.3, 0.4) is 0 Å². The van der Waals surface area contributed by atoms with Crippen LogP contribution in [0.15, 0.2) is 48.9 Å². The van der Waals surface area contributed by atoms with Gasteiger partial charge in [0.05, 0.1) is 0 Å². The van der Waals surface area contributed by atoms with Gasteiger partial charge in [-0.15, -0.1) is 0 Å². The maximum atomic E-state index is 4.92. The van der Waals surface area contributed by atoms with Crippen molar-refractivity contribution in [1.82, 2.24) is 19.9 Å². The number of hydrogen-bond acceptors (Lipinski definition) is 5. The van der Waals surface area contributed by atoms with E-state index in [1.54, 1.807) is 12.4 Å². The van der Waals surface area contributed by atoms with Crippen molar-refractivity contribution < 1.29 is 0 Å². The number of hydrogen-bond donors (Lipinski definition) is 0. The van der Waals surface area contributed by atoms with Crippen molar-refractivity contribution in [2.75, 3.05) is 18.0 Å². The van der Waals surface area contributed by atoms with E-state index in [-0.39, 0.29) is 0 Å². The van der Waals surface area contributed by atoms with Crippen LogP contribution in [0.25, 0.3) is 11.4 Å². The van der Waals surface area contributed by atoms with E-state index in [2.05, 4.69) is 40.8 Å². The zero-order valence-electron chi connectivity index (χ0n) is 15.3. The molecule has 0 amide bonds. The molecule has 5 heteroatoms. The summed E-state index contributed by atoms with van der Waals surface area (Å²) in [5.41, 5.74) is 4.36. The van der Waals surface area contributed by atoms with Crippen LogP contribution >= 0.6 is 0 Å². The average molecular weight is 345 g/mol. The van der Waals surface area contributed by atoms with Crippen LogP contribution in [0.4, 0.5) is 5.82 Å². The Morgan fingerprint density at radius 2 is 1.85 bits per heavy atom. The average Bonchev–Trinajstić information content (AvgIpc) is 2.71. The predicted molar refractivity (Wildman–Crippen MR) is 103 cm³/mol. The van der Waals surface area contributed by atoms with Crippen molar-refractivity contribution in [3.8, 4) is 11.4 Å². The lowest BCUT2D eigenvalue weighted by Gasteiger charge is -2.34. The Kier molecular flexibility index (Phi) is 4.61. The second-order valence-electron chi connectivity index (χ2n) is 6.86. The van der Waals surface area contributed by atoms with Crippen molar-refractivity contribution in [3.05, 3.63) is 65.9 Å². The molecule has 4 heterocycles. The summed E-state index contributed by atoms with van der Waals surface area (Å²) in [5.74, 6) is 2.26. The minimum Gasteiger partial charge on any atom is -0.356 e. The second kappa shape index (κ2) is 7.20. The molecule has 1 atom stereocenters. The van der Waals surface area contributed by atoms with Crippen LogP contribution in [0, 0.1) is 13.8 Å². The van der Waals surface area contributed by atoms with Gasteiger partial charge in [0.2, 0.25) is 0 Å². The quantitative estimate of drug-likeness (QED) is 0.720. The van der Waals surface area contributed by atoms with Crippen LogP contribution in [0.1, 0.15) is 35.7 Å². The molecule has 1 unspecified atom stereocenters. The SMILES string of the molecule is Cc1nc(-c2ccncc2)nc(N2CCCC(c3ccccn3)C2)c1C. The number of nitrogens with zero attached hydrogens (tertiary/aromatic N) is 5. The van der Waals surface area contributed by atoms with Gasteiger partial charge < -0.3 is 4.90 Å². The van der Waals surface area contributed by atoms with Crippen molar-refractivity contribution in [2.45, 2.75) is 32.6 Å². The zero-order valence-corrected chi connectivity index (χ0v) is 15.3. The van der Waals surface area contributed by atoms with Crippen LogP contribution in [0.2, 0.25) is 0 Å².